The molecule has 2 heterocycles. The fourth-order valence-corrected chi connectivity index (χ4v) is 1.90. The molecule has 0 aromatic carbocycles. The topological polar surface area (TPSA) is 114 Å². The highest BCUT2D eigenvalue weighted by Crippen LogP contribution is 2.10. The lowest BCUT2D eigenvalue weighted by Gasteiger charge is -2.02. The maximum absolute atomic E-state index is 11.6. The monoisotopic (exact) mass is 265 g/mol. The van der Waals surface area contributed by atoms with E-state index in [0.29, 0.717) is 18.1 Å². The van der Waals surface area contributed by atoms with Crippen LogP contribution < -0.4 is 16.6 Å². The molecule has 0 aliphatic carbocycles. The number of rotatable bonds is 4. The Labute approximate surface area is 106 Å². The summed E-state index contributed by atoms with van der Waals surface area (Å²) in [6.45, 7) is 0.433. The predicted octanol–water partition coefficient (Wildman–Crippen LogP) is -0.219. The predicted molar refractivity (Wildman–Crippen MR) is 67.4 cm³/mol. The van der Waals surface area contributed by atoms with Gasteiger partial charge in [-0.1, -0.05) is 0 Å². The van der Waals surface area contributed by atoms with Crippen LogP contribution in [-0.2, 0) is 6.42 Å². The molecule has 1 amide bonds. The van der Waals surface area contributed by atoms with Crippen LogP contribution in [0, 0.1) is 0 Å². The molecule has 7 nitrogen and oxygen atoms in total. The number of H-pyrrole nitrogens is 1. The normalized spacial score (nSPS) is 10.2. The Morgan fingerprint density at radius 2 is 2.33 bits per heavy atom. The van der Waals surface area contributed by atoms with Gasteiger partial charge in [0.1, 0.15) is 5.69 Å². The van der Waals surface area contributed by atoms with Gasteiger partial charge in [0.15, 0.2) is 5.13 Å². The summed E-state index contributed by atoms with van der Waals surface area (Å²) >= 11 is 1.36. The van der Waals surface area contributed by atoms with Crippen LogP contribution in [0.4, 0.5) is 5.13 Å². The van der Waals surface area contributed by atoms with Crippen molar-refractivity contribution in [2.45, 2.75) is 6.42 Å². The second-order valence-corrected chi connectivity index (χ2v) is 4.38. The van der Waals surface area contributed by atoms with Gasteiger partial charge in [-0.15, -0.1) is 11.3 Å². The van der Waals surface area contributed by atoms with Crippen molar-refractivity contribution < 1.29 is 4.79 Å². The van der Waals surface area contributed by atoms with Crippen LogP contribution in [0.1, 0.15) is 16.2 Å². The summed E-state index contributed by atoms with van der Waals surface area (Å²) in [7, 11) is 0. The molecule has 0 spiro atoms. The average Bonchev–Trinajstić information content (AvgIpc) is 2.76. The molecule has 0 radical (unpaired) electrons. The van der Waals surface area contributed by atoms with Gasteiger partial charge < -0.3 is 11.1 Å². The Morgan fingerprint density at radius 1 is 1.50 bits per heavy atom. The van der Waals surface area contributed by atoms with E-state index in [1.807, 2.05) is 5.38 Å². The number of thiazole rings is 1. The van der Waals surface area contributed by atoms with Crippen LogP contribution in [0.5, 0.6) is 0 Å². The van der Waals surface area contributed by atoms with Crippen molar-refractivity contribution in [3.8, 4) is 0 Å². The molecule has 0 unspecified atom stereocenters. The smallest absolute Gasteiger partial charge is 0.271 e. The summed E-state index contributed by atoms with van der Waals surface area (Å²) in [5.74, 6) is -0.338. The molecular weight excluding hydrogens is 254 g/mol. The van der Waals surface area contributed by atoms with E-state index in [4.69, 9.17) is 5.73 Å². The lowest BCUT2D eigenvalue weighted by molar-refractivity contribution is 0.0948. The van der Waals surface area contributed by atoms with Crippen LogP contribution in [0.3, 0.4) is 0 Å². The number of carbonyl (C=O) groups is 1. The molecule has 94 valence electrons. The van der Waals surface area contributed by atoms with Crippen LogP contribution in [0.15, 0.2) is 22.3 Å². The summed E-state index contributed by atoms with van der Waals surface area (Å²) in [4.78, 5) is 26.5. The Hall–Kier alpha value is -2.22. The van der Waals surface area contributed by atoms with Crippen LogP contribution in [-0.4, -0.2) is 27.6 Å². The fraction of sp³-hybridized carbons (Fsp3) is 0.200. The van der Waals surface area contributed by atoms with E-state index < -0.39 is 0 Å². The van der Waals surface area contributed by atoms with Gasteiger partial charge in [0.05, 0.1) is 5.69 Å². The summed E-state index contributed by atoms with van der Waals surface area (Å²) < 4.78 is 0. The molecule has 2 aromatic heterocycles. The number of hydrogen-bond donors (Lipinski definition) is 3. The first-order valence-electron chi connectivity index (χ1n) is 5.19. The second kappa shape index (κ2) is 5.41. The first kappa shape index (κ1) is 12.2. The highest BCUT2D eigenvalue weighted by molar-refractivity contribution is 7.13. The Bertz CT molecular complexity index is 586. The summed E-state index contributed by atoms with van der Waals surface area (Å²) in [5.41, 5.74) is 6.16. The lowest BCUT2D eigenvalue weighted by atomic mass is 10.3. The molecule has 0 atom stereocenters. The first-order chi connectivity index (χ1) is 8.65. The molecule has 0 bridgehead atoms. The second-order valence-electron chi connectivity index (χ2n) is 3.49. The van der Waals surface area contributed by atoms with Gasteiger partial charge in [-0.3, -0.25) is 9.59 Å². The van der Waals surface area contributed by atoms with Gasteiger partial charge in [-0.2, -0.15) is 5.10 Å². The molecule has 2 aromatic rings. The number of aromatic nitrogens is 3. The van der Waals surface area contributed by atoms with Gasteiger partial charge in [0, 0.05) is 24.4 Å². The molecule has 0 saturated heterocycles. The molecule has 18 heavy (non-hydrogen) atoms. The van der Waals surface area contributed by atoms with E-state index in [9.17, 15) is 9.59 Å². The third-order valence-electron chi connectivity index (χ3n) is 2.15. The average molecular weight is 265 g/mol. The Balaban J connectivity index is 1.85. The van der Waals surface area contributed by atoms with Crippen molar-refractivity contribution in [2.24, 2.45) is 0 Å². The van der Waals surface area contributed by atoms with Crippen LogP contribution in [0.2, 0.25) is 0 Å². The third-order valence-corrected chi connectivity index (χ3v) is 2.87. The van der Waals surface area contributed by atoms with E-state index in [2.05, 4.69) is 20.5 Å². The number of nitrogens with two attached hydrogens (primary N) is 1. The van der Waals surface area contributed by atoms with Crippen molar-refractivity contribution in [3.63, 3.8) is 0 Å². The number of nitrogen functional groups attached to an aromatic ring is 1. The van der Waals surface area contributed by atoms with Gasteiger partial charge in [0.2, 0.25) is 0 Å². The maximum Gasteiger partial charge on any atom is 0.271 e. The number of aromatic amines is 1. The lowest BCUT2D eigenvalue weighted by Crippen LogP contribution is -2.27. The van der Waals surface area contributed by atoms with E-state index in [-0.39, 0.29) is 17.2 Å². The molecule has 2 rings (SSSR count). The van der Waals surface area contributed by atoms with E-state index >= 15 is 0 Å². The van der Waals surface area contributed by atoms with Crippen molar-refractivity contribution >= 4 is 22.4 Å². The van der Waals surface area contributed by atoms with E-state index in [1.54, 1.807) is 0 Å². The van der Waals surface area contributed by atoms with Crippen LogP contribution in [0.25, 0.3) is 0 Å². The molecule has 0 aliphatic rings. The molecule has 0 fully saturated rings. The standard InChI is InChI=1S/C10H11N5O2S/c11-10-13-6(5-18-10)3-4-12-9(17)7-1-2-8(16)15-14-7/h1-2,5H,3-4H2,(H2,11,13)(H,12,17)(H,15,16). The first-order valence-corrected chi connectivity index (χ1v) is 6.07. The molecule has 4 N–H and O–H groups in total. The minimum Gasteiger partial charge on any atom is -0.375 e. The third kappa shape index (κ3) is 3.14. The summed E-state index contributed by atoms with van der Waals surface area (Å²) in [6.07, 6.45) is 0.600. The van der Waals surface area contributed by atoms with Crippen LogP contribution >= 0.6 is 11.3 Å². The molecular formula is C10H11N5O2S. The van der Waals surface area contributed by atoms with Gasteiger partial charge in [-0.05, 0) is 6.07 Å². The maximum atomic E-state index is 11.6. The van der Waals surface area contributed by atoms with E-state index in [1.165, 1.54) is 23.5 Å². The van der Waals surface area contributed by atoms with Crippen molar-refractivity contribution in [3.05, 3.63) is 39.3 Å². The minimum atomic E-state index is -0.343. The molecule has 0 saturated carbocycles. The summed E-state index contributed by atoms with van der Waals surface area (Å²) in [5, 5.41) is 10.9. The van der Waals surface area contributed by atoms with Crippen molar-refractivity contribution in [1.82, 2.24) is 20.5 Å². The summed E-state index contributed by atoms with van der Waals surface area (Å²) in [6, 6.07) is 2.62. The van der Waals surface area contributed by atoms with Gasteiger partial charge in [-0.25, -0.2) is 10.1 Å². The fourth-order valence-electron chi connectivity index (χ4n) is 1.30. The highest BCUT2D eigenvalue weighted by atomic mass is 32.1. The highest BCUT2D eigenvalue weighted by Gasteiger charge is 2.07. The minimum absolute atomic E-state index is 0.174. The SMILES string of the molecule is Nc1nc(CCNC(=O)c2ccc(=O)[nH]n2)cs1. The number of hydrogen-bond acceptors (Lipinski definition) is 6. The zero-order valence-corrected chi connectivity index (χ0v) is 10.2. The quantitative estimate of drug-likeness (QED) is 0.707. The Morgan fingerprint density at radius 3 is 2.94 bits per heavy atom. The zero-order valence-electron chi connectivity index (χ0n) is 9.34. The number of nitrogens with one attached hydrogen (secondary N) is 2. The number of carbonyl (C=O) groups excluding carboxylic acids is 1. The Kier molecular flexibility index (Phi) is 3.68. The van der Waals surface area contributed by atoms with Crippen molar-refractivity contribution in [1.29, 1.82) is 0 Å². The van der Waals surface area contributed by atoms with Gasteiger partial charge >= 0.3 is 0 Å². The number of amides is 1. The largest absolute Gasteiger partial charge is 0.375 e. The zero-order chi connectivity index (χ0) is 13.0. The van der Waals surface area contributed by atoms with Crippen molar-refractivity contribution in [2.75, 3.05) is 12.3 Å². The number of nitrogens with zero attached hydrogens (tertiary/aromatic N) is 2. The van der Waals surface area contributed by atoms with Gasteiger partial charge in [0.25, 0.3) is 11.5 Å². The molecule has 0 aliphatic heterocycles. The molecule has 8 heteroatoms. The number of anilines is 1. The van der Waals surface area contributed by atoms with E-state index in [0.717, 1.165) is 5.69 Å².